The molecule has 1 aliphatic rings. The van der Waals surface area contributed by atoms with Crippen molar-refractivity contribution in [2.45, 2.75) is 45.4 Å². The highest BCUT2D eigenvalue weighted by Gasteiger charge is 2.20. The SMILES string of the molecule is COC1CCN(c2cc(Br)ccc2CNC(C)C)CC1. The summed E-state index contributed by atoms with van der Waals surface area (Å²) < 4.78 is 6.61. The van der Waals surface area contributed by atoms with Crippen LogP contribution in [0.4, 0.5) is 5.69 Å². The van der Waals surface area contributed by atoms with Crippen LogP contribution in [0.2, 0.25) is 0 Å². The average Bonchev–Trinajstić information content (AvgIpc) is 2.46. The highest BCUT2D eigenvalue weighted by molar-refractivity contribution is 9.10. The highest BCUT2D eigenvalue weighted by atomic mass is 79.9. The third kappa shape index (κ3) is 4.21. The van der Waals surface area contributed by atoms with Crippen LogP contribution in [0.3, 0.4) is 0 Å². The fraction of sp³-hybridized carbons (Fsp3) is 0.625. The number of piperidine rings is 1. The van der Waals surface area contributed by atoms with Gasteiger partial charge in [0.15, 0.2) is 0 Å². The molecule has 1 aromatic carbocycles. The lowest BCUT2D eigenvalue weighted by molar-refractivity contribution is 0.0819. The molecule has 0 spiro atoms. The Hall–Kier alpha value is -0.580. The van der Waals surface area contributed by atoms with Crippen molar-refractivity contribution < 1.29 is 4.74 Å². The lowest BCUT2D eigenvalue weighted by Crippen LogP contribution is -2.37. The molecular weight excluding hydrogens is 316 g/mol. The molecule has 0 unspecified atom stereocenters. The number of ether oxygens (including phenoxy) is 1. The van der Waals surface area contributed by atoms with Gasteiger partial charge in [-0.05, 0) is 30.5 Å². The van der Waals surface area contributed by atoms with Crippen molar-refractivity contribution in [2.24, 2.45) is 0 Å². The molecule has 0 radical (unpaired) electrons. The number of anilines is 1. The molecule has 1 N–H and O–H groups in total. The van der Waals surface area contributed by atoms with Crippen molar-refractivity contribution >= 4 is 21.6 Å². The maximum atomic E-state index is 5.46. The summed E-state index contributed by atoms with van der Waals surface area (Å²) in [5.41, 5.74) is 2.72. The van der Waals surface area contributed by atoms with Gasteiger partial charge in [-0.2, -0.15) is 0 Å². The fourth-order valence-electron chi connectivity index (χ4n) is 2.63. The summed E-state index contributed by atoms with van der Waals surface area (Å²) in [4.78, 5) is 2.48. The molecule has 0 aliphatic carbocycles. The van der Waals surface area contributed by atoms with Crippen molar-refractivity contribution in [3.63, 3.8) is 0 Å². The maximum Gasteiger partial charge on any atom is 0.0605 e. The van der Waals surface area contributed by atoms with Crippen molar-refractivity contribution in [3.05, 3.63) is 28.2 Å². The molecule has 3 nitrogen and oxygen atoms in total. The minimum Gasteiger partial charge on any atom is -0.381 e. The van der Waals surface area contributed by atoms with E-state index in [9.17, 15) is 0 Å². The Kier molecular flexibility index (Phi) is 5.87. The second-order valence-electron chi connectivity index (χ2n) is 5.73. The summed E-state index contributed by atoms with van der Waals surface area (Å²) in [6.07, 6.45) is 2.65. The molecule has 0 atom stereocenters. The molecule has 0 bridgehead atoms. The van der Waals surface area contributed by atoms with E-state index in [-0.39, 0.29) is 0 Å². The number of halogens is 1. The fourth-order valence-corrected chi connectivity index (χ4v) is 2.98. The Morgan fingerprint density at radius 3 is 2.65 bits per heavy atom. The Balaban J connectivity index is 2.10. The highest BCUT2D eigenvalue weighted by Crippen LogP contribution is 2.28. The number of methoxy groups -OCH3 is 1. The van der Waals surface area contributed by atoms with Crippen LogP contribution in [0.5, 0.6) is 0 Å². The lowest BCUT2D eigenvalue weighted by atomic mass is 10.0. The summed E-state index contributed by atoms with van der Waals surface area (Å²) in [7, 11) is 1.82. The summed E-state index contributed by atoms with van der Waals surface area (Å²) >= 11 is 3.60. The molecule has 112 valence electrons. The molecule has 1 aliphatic heterocycles. The molecule has 0 amide bonds. The van der Waals surface area contributed by atoms with Crippen molar-refractivity contribution in [1.82, 2.24) is 5.32 Å². The van der Waals surface area contributed by atoms with E-state index in [0.29, 0.717) is 12.1 Å². The Labute approximate surface area is 130 Å². The third-order valence-corrected chi connectivity index (χ3v) is 4.36. The van der Waals surface area contributed by atoms with E-state index in [4.69, 9.17) is 4.74 Å². The van der Waals surface area contributed by atoms with Crippen LogP contribution in [-0.4, -0.2) is 32.3 Å². The van der Waals surface area contributed by atoms with Gasteiger partial charge in [-0.15, -0.1) is 0 Å². The molecule has 1 fully saturated rings. The number of nitrogens with zero attached hydrogens (tertiary/aromatic N) is 1. The van der Waals surface area contributed by atoms with Crippen molar-refractivity contribution in [2.75, 3.05) is 25.1 Å². The van der Waals surface area contributed by atoms with Crippen LogP contribution in [0.15, 0.2) is 22.7 Å². The van der Waals surface area contributed by atoms with Gasteiger partial charge in [-0.1, -0.05) is 35.8 Å². The van der Waals surface area contributed by atoms with E-state index in [1.54, 1.807) is 0 Å². The molecule has 1 saturated heterocycles. The molecule has 1 heterocycles. The van der Waals surface area contributed by atoms with Gasteiger partial charge < -0.3 is 15.0 Å². The van der Waals surface area contributed by atoms with Crippen LogP contribution < -0.4 is 10.2 Å². The quantitative estimate of drug-likeness (QED) is 0.886. The van der Waals surface area contributed by atoms with Gasteiger partial charge in [0.1, 0.15) is 0 Å². The Morgan fingerprint density at radius 1 is 1.35 bits per heavy atom. The minimum atomic E-state index is 0.427. The second kappa shape index (κ2) is 7.43. The van der Waals surface area contributed by atoms with Crippen LogP contribution >= 0.6 is 15.9 Å². The van der Waals surface area contributed by atoms with E-state index < -0.39 is 0 Å². The number of benzene rings is 1. The van der Waals surface area contributed by atoms with E-state index in [1.807, 2.05) is 7.11 Å². The first kappa shape index (κ1) is 15.8. The molecule has 4 heteroatoms. The van der Waals surface area contributed by atoms with Crippen molar-refractivity contribution in [1.29, 1.82) is 0 Å². The van der Waals surface area contributed by atoms with E-state index in [0.717, 1.165) is 36.9 Å². The van der Waals surface area contributed by atoms with Crippen LogP contribution in [0.25, 0.3) is 0 Å². The van der Waals surface area contributed by atoms with Gasteiger partial charge >= 0.3 is 0 Å². The normalized spacial score (nSPS) is 16.9. The summed E-state index contributed by atoms with van der Waals surface area (Å²) in [5, 5.41) is 3.51. The Bertz CT molecular complexity index is 428. The largest absolute Gasteiger partial charge is 0.381 e. The van der Waals surface area contributed by atoms with Gasteiger partial charge in [0.25, 0.3) is 0 Å². The number of hydrogen-bond acceptors (Lipinski definition) is 3. The minimum absolute atomic E-state index is 0.427. The summed E-state index contributed by atoms with van der Waals surface area (Å²) in [6, 6.07) is 7.09. The Morgan fingerprint density at radius 2 is 2.05 bits per heavy atom. The number of rotatable bonds is 5. The first-order valence-corrected chi connectivity index (χ1v) is 8.19. The predicted molar refractivity (Wildman–Crippen MR) is 88.4 cm³/mol. The molecule has 20 heavy (non-hydrogen) atoms. The van der Waals surface area contributed by atoms with Gasteiger partial charge in [-0.3, -0.25) is 0 Å². The zero-order valence-corrected chi connectivity index (χ0v) is 14.2. The monoisotopic (exact) mass is 340 g/mol. The maximum absolute atomic E-state index is 5.46. The van der Waals surface area contributed by atoms with E-state index in [1.165, 1.54) is 11.3 Å². The smallest absolute Gasteiger partial charge is 0.0605 e. The van der Waals surface area contributed by atoms with E-state index >= 15 is 0 Å². The predicted octanol–water partition coefficient (Wildman–Crippen LogP) is 3.56. The lowest BCUT2D eigenvalue weighted by Gasteiger charge is -2.34. The zero-order valence-electron chi connectivity index (χ0n) is 12.7. The van der Waals surface area contributed by atoms with Gasteiger partial charge in [0.05, 0.1) is 6.10 Å². The summed E-state index contributed by atoms with van der Waals surface area (Å²) in [6.45, 7) is 7.43. The number of hydrogen-bond donors (Lipinski definition) is 1. The first-order chi connectivity index (χ1) is 9.60. The van der Waals surface area contributed by atoms with Crippen LogP contribution in [-0.2, 0) is 11.3 Å². The molecule has 0 saturated carbocycles. The van der Waals surface area contributed by atoms with Gasteiger partial charge in [0, 0.05) is 42.9 Å². The third-order valence-electron chi connectivity index (χ3n) is 3.86. The first-order valence-electron chi connectivity index (χ1n) is 7.39. The van der Waals surface area contributed by atoms with Gasteiger partial charge in [0.2, 0.25) is 0 Å². The summed E-state index contributed by atoms with van der Waals surface area (Å²) in [5.74, 6) is 0. The topological polar surface area (TPSA) is 24.5 Å². The molecule has 2 rings (SSSR count). The standard InChI is InChI=1S/C16H25BrN2O/c1-12(2)18-11-13-4-5-14(17)10-16(13)19-8-6-15(20-3)7-9-19/h4-5,10,12,15,18H,6-9,11H2,1-3H3. The molecule has 0 aromatic heterocycles. The van der Waals surface area contributed by atoms with Crippen LogP contribution in [0, 0.1) is 0 Å². The van der Waals surface area contributed by atoms with E-state index in [2.05, 4.69) is 58.2 Å². The zero-order chi connectivity index (χ0) is 14.5. The van der Waals surface area contributed by atoms with Crippen molar-refractivity contribution in [3.8, 4) is 0 Å². The molecular formula is C16H25BrN2O. The number of nitrogens with one attached hydrogen (secondary N) is 1. The van der Waals surface area contributed by atoms with Crippen LogP contribution in [0.1, 0.15) is 32.3 Å². The average molecular weight is 341 g/mol. The second-order valence-corrected chi connectivity index (χ2v) is 6.65. The van der Waals surface area contributed by atoms with Gasteiger partial charge in [-0.25, -0.2) is 0 Å². The molecule has 1 aromatic rings.